The first-order valence-electron chi connectivity index (χ1n) is 11.8. The normalized spacial score (nSPS) is 15.1. The fraction of sp³-hybridized carbons (Fsp3) is 0.296. The summed E-state index contributed by atoms with van der Waals surface area (Å²) in [4.78, 5) is 4.86. The molecule has 0 N–H and O–H groups in total. The van der Waals surface area contributed by atoms with Gasteiger partial charge in [0.05, 0.1) is 32.5 Å². The van der Waals surface area contributed by atoms with Crippen molar-refractivity contribution in [3.63, 3.8) is 0 Å². The Balaban J connectivity index is 1.40. The molecule has 0 aliphatic carbocycles. The van der Waals surface area contributed by atoms with Gasteiger partial charge in [0, 0.05) is 26.2 Å². The topological polar surface area (TPSA) is 68.5 Å². The molecular weight excluding hydrogens is 440 g/mol. The van der Waals surface area contributed by atoms with Crippen molar-refractivity contribution < 1.29 is 9.47 Å². The molecule has 0 spiro atoms. The van der Waals surface area contributed by atoms with Crippen LogP contribution < -0.4 is 14.4 Å². The molecule has 180 valence electrons. The van der Waals surface area contributed by atoms with Gasteiger partial charge >= 0.3 is 0 Å². The van der Waals surface area contributed by atoms with Crippen molar-refractivity contribution in [2.75, 3.05) is 45.3 Å². The molecule has 0 saturated carbocycles. The number of piperazine rings is 1. The summed E-state index contributed by atoms with van der Waals surface area (Å²) in [5, 5.41) is 12.9. The van der Waals surface area contributed by atoms with Gasteiger partial charge in [0.2, 0.25) is 0 Å². The number of para-hydroxylation sites is 2. The maximum atomic E-state index is 5.59. The molecule has 0 amide bonds. The first-order valence-corrected chi connectivity index (χ1v) is 11.8. The Morgan fingerprint density at radius 2 is 1.51 bits per heavy atom. The van der Waals surface area contributed by atoms with Gasteiger partial charge in [-0.25, -0.2) is 4.68 Å². The molecular formula is C27H30N6O2. The van der Waals surface area contributed by atoms with E-state index in [0.717, 1.165) is 54.8 Å². The van der Waals surface area contributed by atoms with Crippen LogP contribution in [0.3, 0.4) is 0 Å². The number of methoxy groups -OCH3 is 2. The van der Waals surface area contributed by atoms with Gasteiger partial charge in [0.1, 0.15) is 11.5 Å². The van der Waals surface area contributed by atoms with Crippen LogP contribution in [-0.4, -0.2) is 65.5 Å². The minimum absolute atomic E-state index is 0.0377. The molecule has 8 nitrogen and oxygen atoms in total. The Labute approximate surface area is 205 Å². The summed E-state index contributed by atoms with van der Waals surface area (Å²) in [5.74, 6) is 2.59. The highest BCUT2D eigenvalue weighted by Gasteiger charge is 2.31. The van der Waals surface area contributed by atoms with E-state index in [1.807, 2.05) is 47.1 Å². The van der Waals surface area contributed by atoms with Crippen LogP contribution in [0.25, 0.3) is 0 Å². The van der Waals surface area contributed by atoms with Crippen LogP contribution in [0, 0.1) is 0 Å². The Morgan fingerprint density at radius 3 is 2.23 bits per heavy atom. The molecule has 1 saturated heterocycles. The van der Waals surface area contributed by atoms with Crippen LogP contribution in [0.4, 0.5) is 5.69 Å². The molecule has 3 aromatic carbocycles. The number of hydrogen-bond donors (Lipinski definition) is 0. The molecule has 2 heterocycles. The lowest BCUT2D eigenvalue weighted by Gasteiger charge is -2.40. The van der Waals surface area contributed by atoms with E-state index in [1.165, 1.54) is 5.56 Å². The molecule has 1 aliphatic rings. The lowest BCUT2D eigenvalue weighted by molar-refractivity contribution is 0.201. The van der Waals surface area contributed by atoms with E-state index in [9.17, 15) is 0 Å². The van der Waals surface area contributed by atoms with Gasteiger partial charge in [-0.15, -0.1) is 5.10 Å². The van der Waals surface area contributed by atoms with Gasteiger partial charge in [-0.1, -0.05) is 54.6 Å². The van der Waals surface area contributed by atoms with Crippen molar-refractivity contribution in [3.8, 4) is 11.5 Å². The van der Waals surface area contributed by atoms with Crippen molar-refractivity contribution in [2.24, 2.45) is 0 Å². The van der Waals surface area contributed by atoms with E-state index in [4.69, 9.17) is 9.47 Å². The standard InChI is InChI=1S/C27H30N6O2/c1-34-23-14-12-21(13-15-23)20-33-27(28-29-30-33)26(22-8-4-3-5-9-22)32-18-16-31(17-19-32)24-10-6-7-11-25(24)35-2/h3-15,26H,16-20H2,1-2H3/t26-/m0/s1. The van der Waals surface area contributed by atoms with E-state index in [1.54, 1.807) is 14.2 Å². The third-order valence-electron chi connectivity index (χ3n) is 6.52. The predicted molar refractivity (Wildman–Crippen MR) is 135 cm³/mol. The third-order valence-corrected chi connectivity index (χ3v) is 6.52. The number of benzene rings is 3. The van der Waals surface area contributed by atoms with Gasteiger partial charge in [-0.3, -0.25) is 4.90 Å². The van der Waals surface area contributed by atoms with Gasteiger partial charge in [0.15, 0.2) is 5.82 Å². The molecule has 1 aliphatic heterocycles. The number of rotatable bonds is 8. The summed E-state index contributed by atoms with van der Waals surface area (Å²) in [7, 11) is 3.40. The monoisotopic (exact) mass is 470 g/mol. The lowest BCUT2D eigenvalue weighted by atomic mass is 10.0. The van der Waals surface area contributed by atoms with E-state index in [2.05, 4.69) is 61.7 Å². The number of nitrogens with zero attached hydrogens (tertiary/aromatic N) is 6. The average Bonchev–Trinajstić information content (AvgIpc) is 3.37. The van der Waals surface area contributed by atoms with Gasteiger partial charge in [-0.05, 0) is 45.8 Å². The predicted octanol–water partition coefficient (Wildman–Crippen LogP) is 3.65. The summed E-state index contributed by atoms with van der Waals surface area (Å²) in [5.41, 5.74) is 3.44. The van der Waals surface area contributed by atoms with E-state index in [0.29, 0.717) is 6.54 Å². The molecule has 0 radical (unpaired) electrons. The fourth-order valence-corrected chi connectivity index (χ4v) is 4.69. The Bertz CT molecular complexity index is 1220. The Morgan fingerprint density at radius 1 is 0.800 bits per heavy atom. The summed E-state index contributed by atoms with van der Waals surface area (Å²) >= 11 is 0. The number of ether oxygens (including phenoxy) is 2. The van der Waals surface area contributed by atoms with Crippen molar-refractivity contribution in [1.29, 1.82) is 0 Å². The average molecular weight is 471 g/mol. The van der Waals surface area contributed by atoms with Gasteiger partial charge < -0.3 is 14.4 Å². The molecule has 0 unspecified atom stereocenters. The largest absolute Gasteiger partial charge is 0.497 e. The van der Waals surface area contributed by atoms with Gasteiger partial charge in [0.25, 0.3) is 0 Å². The molecule has 1 atom stereocenters. The minimum atomic E-state index is -0.0377. The quantitative estimate of drug-likeness (QED) is 0.389. The van der Waals surface area contributed by atoms with Crippen molar-refractivity contribution in [2.45, 2.75) is 12.6 Å². The molecule has 4 aromatic rings. The molecule has 0 bridgehead atoms. The van der Waals surface area contributed by atoms with E-state index >= 15 is 0 Å². The zero-order chi connectivity index (χ0) is 24.0. The first kappa shape index (κ1) is 22.9. The lowest BCUT2D eigenvalue weighted by Crippen LogP contribution is -2.48. The maximum absolute atomic E-state index is 5.59. The highest BCUT2D eigenvalue weighted by atomic mass is 16.5. The second-order valence-corrected chi connectivity index (χ2v) is 8.55. The SMILES string of the molecule is COc1ccc(Cn2nnnc2[C@H](c2ccccc2)N2CCN(c3ccccc3OC)CC2)cc1. The van der Waals surface area contributed by atoms with Crippen molar-refractivity contribution in [3.05, 3.63) is 95.8 Å². The number of hydrogen-bond acceptors (Lipinski definition) is 7. The number of tetrazole rings is 1. The molecule has 1 aromatic heterocycles. The van der Waals surface area contributed by atoms with E-state index in [-0.39, 0.29) is 6.04 Å². The highest BCUT2D eigenvalue weighted by Crippen LogP contribution is 2.32. The highest BCUT2D eigenvalue weighted by molar-refractivity contribution is 5.58. The van der Waals surface area contributed by atoms with E-state index < -0.39 is 0 Å². The third kappa shape index (κ3) is 4.97. The summed E-state index contributed by atoms with van der Waals surface area (Å²) < 4.78 is 12.8. The summed E-state index contributed by atoms with van der Waals surface area (Å²) in [6, 6.07) is 26.7. The van der Waals surface area contributed by atoms with Crippen molar-refractivity contribution >= 4 is 5.69 Å². The number of anilines is 1. The second kappa shape index (κ2) is 10.6. The zero-order valence-corrected chi connectivity index (χ0v) is 20.1. The maximum Gasteiger partial charge on any atom is 0.173 e. The molecule has 5 rings (SSSR count). The van der Waals surface area contributed by atoms with Crippen LogP contribution in [0.1, 0.15) is 23.0 Å². The molecule has 8 heteroatoms. The van der Waals surface area contributed by atoms with Crippen LogP contribution in [0.2, 0.25) is 0 Å². The fourth-order valence-electron chi connectivity index (χ4n) is 4.69. The molecule has 35 heavy (non-hydrogen) atoms. The smallest absolute Gasteiger partial charge is 0.173 e. The molecule has 1 fully saturated rings. The zero-order valence-electron chi connectivity index (χ0n) is 20.1. The summed E-state index contributed by atoms with van der Waals surface area (Å²) in [6.07, 6.45) is 0. The van der Waals surface area contributed by atoms with Gasteiger partial charge in [-0.2, -0.15) is 0 Å². The number of aromatic nitrogens is 4. The van der Waals surface area contributed by atoms with Crippen LogP contribution in [-0.2, 0) is 6.54 Å². The first-order chi connectivity index (χ1) is 17.3. The van der Waals surface area contributed by atoms with Crippen LogP contribution in [0.15, 0.2) is 78.9 Å². The van der Waals surface area contributed by atoms with Crippen molar-refractivity contribution in [1.82, 2.24) is 25.1 Å². The summed E-state index contributed by atoms with van der Waals surface area (Å²) in [6.45, 7) is 4.14. The second-order valence-electron chi connectivity index (χ2n) is 8.55. The van der Waals surface area contributed by atoms with Crippen LogP contribution >= 0.6 is 0 Å². The Kier molecular flexibility index (Phi) is 6.90. The Hall–Kier alpha value is -3.91. The minimum Gasteiger partial charge on any atom is -0.497 e. The van der Waals surface area contributed by atoms with Crippen LogP contribution in [0.5, 0.6) is 11.5 Å².